The van der Waals surface area contributed by atoms with Gasteiger partial charge in [-0.25, -0.2) is 0 Å². The summed E-state index contributed by atoms with van der Waals surface area (Å²) in [5.74, 6) is 0. The van der Waals surface area contributed by atoms with E-state index in [2.05, 4.69) is 26.7 Å². The lowest BCUT2D eigenvalue weighted by Crippen LogP contribution is -2.12. The van der Waals surface area contributed by atoms with Crippen LogP contribution in [-0.4, -0.2) is 0 Å². The molecule has 1 aliphatic heterocycles. The van der Waals surface area contributed by atoms with Crippen LogP contribution in [0.3, 0.4) is 0 Å². The second-order valence-corrected chi connectivity index (χ2v) is 3.26. The van der Waals surface area contributed by atoms with Crippen molar-refractivity contribution in [1.29, 1.82) is 0 Å². The highest BCUT2D eigenvalue weighted by molar-refractivity contribution is 6.30. The van der Waals surface area contributed by atoms with Gasteiger partial charge in [-0.1, -0.05) is 17.7 Å². The number of rotatable bonds is 1. The Hall–Kier alpha value is -1.29. The largest absolute Gasteiger partial charge is 0.218 e. The summed E-state index contributed by atoms with van der Waals surface area (Å²) in [6.45, 7) is 1.81. The number of halogens is 1. The zero-order chi connectivity index (χ0) is 9.31. The van der Waals surface area contributed by atoms with E-state index < -0.39 is 5.66 Å². The minimum Gasteiger partial charge on any atom is -0.130 e. The van der Waals surface area contributed by atoms with Crippen LogP contribution in [0.4, 0.5) is 0 Å². The lowest BCUT2D eigenvalue weighted by molar-refractivity contribution is 0.518. The van der Waals surface area contributed by atoms with Crippen LogP contribution in [0.1, 0.15) is 12.5 Å². The van der Waals surface area contributed by atoms with E-state index in [4.69, 9.17) is 11.6 Å². The van der Waals surface area contributed by atoms with E-state index in [1.54, 1.807) is 12.1 Å². The maximum Gasteiger partial charge on any atom is 0.218 e. The summed E-state index contributed by atoms with van der Waals surface area (Å²) in [5.41, 5.74) is 0.0896. The molecule has 1 aromatic carbocycles. The average molecular weight is 194 g/mol. The lowest BCUT2D eigenvalue weighted by Gasteiger charge is -2.12. The Balaban J connectivity index is 2.41. The first-order valence-corrected chi connectivity index (χ1v) is 4.10. The Bertz CT molecular complexity index is 356. The summed E-state index contributed by atoms with van der Waals surface area (Å²) in [4.78, 5) is 0. The van der Waals surface area contributed by atoms with Crippen molar-refractivity contribution in [3.8, 4) is 0 Å². The third-order valence-electron chi connectivity index (χ3n) is 1.80. The number of benzene rings is 1. The molecule has 1 aromatic rings. The van der Waals surface area contributed by atoms with Crippen molar-refractivity contribution >= 4 is 11.6 Å². The summed E-state index contributed by atoms with van der Waals surface area (Å²) in [6.07, 6.45) is 0. The molecule has 1 aliphatic rings. The predicted molar refractivity (Wildman–Crippen MR) is 47.4 cm³/mol. The molecule has 13 heavy (non-hydrogen) atoms. The lowest BCUT2D eigenvalue weighted by atomic mass is 10.0. The fraction of sp³-hybridized carbons (Fsp3) is 0.250. The maximum atomic E-state index is 5.72. The quantitative estimate of drug-likeness (QED) is 0.658. The minimum absolute atomic E-state index is 0.638. The maximum absolute atomic E-state index is 5.72. The van der Waals surface area contributed by atoms with Crippen LogP contribution in [-0.2, 0) is 5.66 Å². The van der Waals surface area contributed by atoms with E-state index >= 15 is 0 Å². The van der Waals surface area contributed by atoms with Crippen molar-refractivity contribution < 1.29 is 0 Å². The van der Waals surface area contributed by atoms with Gasteiger partial charge < -0.3 is 0 Å². The molecule has 5 heteroatoms. The number of nitrogens with zero attached hydrogens (tertiary/aromatic N) is 4. The molecule has 0 amide bonds. The van der Waals surface area contributed by atoms with Gasteiger partial charge in [-0.3, -0.25) is 0 Å². The second-order valence-electron chi connectivity index (χ2n) is 2.82. The van der Waals surface area contributed by atoms with Gasteiger partial charge >= 0.3 is 0 Å². The first kappa shape index (κ1) is 8.31. The van der Waals surface area contributed by atoms with Crippen LogP contribution in [0.5, 0.6) is 0 Å². The van der Waals surface area contributed by atoms with E-state index in [1.807, 2.05) is 13.0 Å². The van der Waals surface area contributed by atoms with Crippen molar-refractivity contribution in [2.75, 3.05) is 0 Å². The molecule has 4 nitrogen and oxygen atoms in total. The average Bonchev–Trinajstić information content (AvgIpc) is 2.54. The highest BCUT2D eigenvalue weighted by atomic mass is 35.5. The highest BCUT2D eigenvalue weighted by Crippen LogP contribution is 2.31. The van der Waals surface area contributed by atoms with Gasteiger partial charge in [-0.15, -0.1) is 10.2 Å². The van der Waals surface area contributed by atoms with Gasteiger partial charge in [0.25, 0.3) is 0 Å². The summed E-state index contributed by atoms with van der Waals surface area (Å²) >= 11 is 5.72. The summed E-state index contributed by atoms with van der Waals surface area (Å²) in [6, 6.07) is 8.23. The monoisotopic (exact) mass is 193 g/mol. The Morgan fingerprint density at radius 2 is 2.00 bits per heavy atom. The molecule has 2 rings (SSSR count). The summed E-state index contributed by atoms with van der Waals surface area (Å²) < 4.78 is 0. The topological polar surface area (TPSA) is 49.4 Å². The molecule has 0 spiro atoms. The van der Waals surface area contributed by atoms with Crippen LogP contribution in [0.25, 0.3) is 0 Å². The molecule has 0 fully saturated rings. The van der Waals surface area contributed by atoms with E-state index in [0.717, 1.165) is 5.56 Å². The SMILES string of the molecule is CC1(c2[c]cc(Cl)cc2)N=NN=N1. The molecule has 0 aromatic heterocycles. The Kier molecular flexibility index (Phi) is 1.84. The van der Waals surface area contributed by atoms with Crippen molar-refractivity contribution in [3.05, 3.63) is 34.9 Å². The predicted octanol–water partition coefficient (Wildman–Crippen LogP) is 3.15. The fourth-order valence-electron chi connectivity index (χ4n) is 1.04. The summed E-state index contributed by atoms with van der Waals surface area (Å²) in [7, 11) is 0. The van der Waals surface area contributed by atoms with Gasteiger partial charge in [-0.05, 0) is 35.6 Å². The molecular formula is C8H6ClN4. The van der Waals surface area contributed by atoms with Crippen LogP contribution in [0.15, 0.2) is 38.9 Å². The molecule has 1 heterocycles. The van der Waals surface area contributed by atoms with Gasteiger partial charge in [0.2, 0.25) is 5.66 Å². The Morgan fingerprint density at radius 3 is 2.54 bits per heavy atom. The second kappa shape index (κ2) is 2.88. The first-order valence-electron chi connectivity index (χ1n) is 3.72. The van der Waals surface area contributed by atoms with E-state index in [-0.39, 0.29) is 0 Å². The fourth-order valence-corrected chi connectivity index (χ4v) is 1.16. The van der Waals surface area contributed by atoms with Crippen molar-refractivity contribution in [3.63, 3.8) is 0 Å². The van der Waals surface area contributed by atoms with E-state index in [9.17, 15) is 0 Å². The molecule has 0 saturated heterocycles. The van der Waals surface area contributed by atoms with Crippen molar-refractivity contribution in [2.24, 2.45) is 20.7 Å². The number of hydrogen-bond donors (Lipinski definition) is 0. The van der Waals surface area contributed by atoms with Crippen LogP contribution in [0, 0.1) is 6.07 Å². The highest BCUT2D eigenvalue weighted by Gasteiger charge is 2.29. The van der Waals surface area contributed by atoms with Crippen molar-refractivity contribution in [2.45, 2.75) is 12.6 Å². The van der Waals surface area contributed by atoms with Crippen LogP contribution < -0.4 is 0 Å². The van der Waals surface area contributed by atoms with Crippen molar-refractivity contribution in [1.82, 2.24) is 0 Å². The summed E-state index contributed by atoms with van der Waals surface area (Å²) in [5, 5.41) is 15.3. The molecule has 0 saturated carbocycles. The molecule has 0 atom stereocenters. The first-order chi connectivity index (χ1) is 6.21. The van der Waals surface area contributed by atoms with Crippen LogP contribution >= 0.6 is 11.6 Å². The molecule has 0 bridgehead atoms. The normalized spacial score (nSPS) is 18.0. The molecule has 0 aliphatic carbocycles. The zero-order valence-corrected chi connectivity index (χ0v) is 7.65. The smallest absolute Gasteiger partial charge is 0.130 e. The van der Waals surface area contributed by atoms with E-state index in [1.165, 1.54) is 0 Å². The van der Waals surface area contributed by atoms with Crippen LogP contribution in [0.2, 0.25) is 5.02 Å². The Labute approximate surface area is 80.3 Å². The van der Waals surface area contributed by atoms with E-state index in [0.29, 0.717) is 5.02 Å². The molecule has 65 valence electrons. The molecule has 0 N–H and O–H groups in total. The number of hydrogen-bond acceptors (Lipinski definition) is 4. The standard InChI is InChI=1S/C8H6ClN4/c1-8(10-12-13-11-8)6-2-4-7(9)5-3-6/h2,4-5H,1H3. The minimum atomic E-state index is -0.718. The zero-order valence-electron chi connectivity index (χ0n) is 6.90. The van der Waals surface area contributed by atoms with Gasteiger partial charge in [0.05, 0.1) is 0 Å². The third-order valence-corrected chi connectivity index (χ3v) is 2.04. The van der Waals surface area contributed by atoms with Gasteiger partial charge in [0.15, 0.2) is 0 Å². The third kappa shape index (κ3) is 1.45. The Morgan fingerprint density at radius 1 is 1.31 bits per heavy atom. The van der Waals surface area contributed by atoms with Gasteiger partial charge in [0.1, 0.15) is 0 Å². The van der Waals surface area contributed by atoms with Gasteiger partial charge in [0, 0.05) is 10.6 Å². The molecular weight excluding hydrogens is 188 g/mol. The molecule has 0 unspecified atom stereocenters. The van der Waals surface area contributed by atoms with Gasteiger partial charge in [-0.2, -0.15) is 0 Å². The molecule has 1 radical (unpaired) electrons.